The number of esters is 1. The molecule has 1 atom stereocenters. The fourth-order valence-electron chi connectivity index (χ4n) is 4.10. The molecule has 5 nitrogen and oxygen atoms in total. The van der Waals surface area contributed by atoms with Crippen LogP contribution in [-0.2, 0) is 4.74 Å². The average Bonchev–Trinajstić information content (AvgIpc) is 3.54. The van der Waals surface area contributed by atoms with Crippen LogP contribution < -0.4 is 5.01 Å². The zero-order valence-corrected chi connectivity index (χ0v) is 20.5. The van der Waals surface area contributed by atoms with Crippen molar-refractivity contribution in [3.63, 3.8) is 0 Å². The van der Waals surface area contributed by atoms with Crippen LogP contribution in [0.4, 0.5) is 5.69 Å². The molecule has 0 saturated heterocycles. The van der Waals surface area contributed by atoms with Crippen molar-refractivity contribution >= 4 is 40.6 Å². The first-order valence-electron chi connectivity index (χ1n) is 11.3. The standard InChI is InChI=1S/C28H22Cl2N2O3/c1-2-34-28(33)19-8-11-21(12-9-19)32-25(17-24(31-32)18-6-4-3-5-7-18)27-15-14-26(35-27)22-16-20(29)10-13-23(22)30/h3-16,25H,2,17H2,1H3. The van der Waals surface area contributed by atoms with Crippen molar-refractivity contribution in [3.8, 4) is 11.3 Å². The number of furan rings is 1. The molecule has 7 heteroatoms. The first-order valence-corrected chi connectivity index (χ1v) is 12.0. The molecule has 0 saturated carbocycles. The van der Waals surface area contributed by atoms with E-state index in [1.807, 2.05) is 59.6 Å². The third-order valence-electron chi connectivity index (χ3n) is 5.81. The van der Waals surface area contributed by atoms with Crippen LogP contribution in [0.5, 0.6) is 0 Å². The van der Waals surface area contributed by atoms with E-state index in [9.17, 15) is 4.79 Å². The molecule has 2 heterocycles. The molecule has 1 aliphatic rings. The fourth-order valence-corrected chi connectivity index (χ4v) is 4.49. The van der Waals surface area contributed by atoms with Crippen LogP contribution >= 0.6 is 23.2 Å². The molecule has 1 unspecified atom stereocenters. The lowest BCUT2D eigenvalue weighted by Gasteiger charge is -2.22. The van der Waals surface area contributed by atoms with Crippen molar-refractivity contribution < 1.29 is 13.9 Å². The van der Waals surface area contributed by atoms with E-state index in [1.54, 1.807) is 37.3 Å². The number of hydrogen-bond acceptors (Lipinski definition) is 5. The Morgan fingerprint density at radius 1 is 1.03 bits per heavy atom. The number of anilines is 1. The Bertz CT molecular complexity index is 1380. The SMILES string of the molecule is CCOC(=O)c1ccc(N2N=C(c3ccccc3)CC2c2ccc(-c3cc(Cl)ccc3Cl)o2)cc1. The summed E-state index contributed by atoms with van der Waals surface area (Å²) in [6.45, 7) is 2.12. The predicted molar refractivity (Wildman–Crippen MR) is 139 cm³/mol. The van der Waals surface area contributed by atoms with Crippen molar-refractivity contribution in [1.82, 2.24) is 0 Å². The monoisotopic (exact) mass is 504 g/mol. The highest BCUT2D eigenvalue weighted by Gasteiger charge is 2.32. The first kappa shape index (κ1) is 23.2. The summed E-state index contributed by atoms with van der Waals surface area (Å²) < 4.78 is 11.4. The van der Waals surface area contributed by atoms with Gasteiger partial charge in [-0.2, -0.15) is 5.10 Å². The highest BCUT2D eigenvalue weighted by atomic mass is 35.5. The molecule has 5 rings (SSSR count). The quantitative estimate of drug-likeness (QED) is 0.251. The smallest absolute Gasteiger partial charge is 0.338 e. The molecule has 1 aromatic heterocycles. The second kappa shape index (κ2) is 9.98. The van der Waals surface area contributed by atoms with Crippen LogP contribution in [0.3, 0.4) is 0 Å². The van der Waals surface area contributed by atoms with Gasteiger partial charge < -0.3 is 9.15 Å². The third-order valence-corrected chi connectivity index (χ3v) is 6.37. The van der Waals surface area contributed by atoms with E-state index < -0.39 is 0 Å². The molecule has 4 aromatic rings. The number of benzene rings is 3. The topological polar surface area (TPSA) is 55.0 Å². The highest BCUT2D eigenvalue weighted by molar-refractivity contribution is 6.35. The van der Waals surface area contributed by atoms with E-state index in [2.05, 4.69) is 0 Å². The minimum Gasteiger partial charge on any atom is -0.462 e. The first-order chi connectivity index (χ1) is 17.0. The van der Waals surface area contributed by atoms with Crippen LogP contribution in [0, 0.1) is 0 Å². The molecule has 0 aliphatic carbocycles. The Morgan fingerprint density at radius 2 is 1.80 bits per heavy atom. The normalized spacial score (nSPS) is 15.2. The summed E-state index contributed by atoms with van der Waals surface area (Å²) in [6, 6.07) is 26.3. The van der Waals surface area contributed by atoms with Crippen LogP contribution in [0.2, 0.25) is 10.0 Å². The van der Waals surface area contributed by atoms with Gasteiger partial charge in [-0.1, -0.05) is 53.5 Å². The van der Waals surface area contributed by atoms with Gasteiger partial charge in [-0.25, -0.2) is 4.79 Å². The summed E-state index contributed by atoms with van der Waals surface area (Å²) in [5.74, 6) is 1.04. The number of carbonyl (C=O) groups is 1. The van der Waals surface area contributed by atoms with E-state index in [4.69, 9.17) is 37.5 Å². The predicted octanol–water partition coefficient (Wildman–Crippen LogP) is 7.79. The van der Waals surface area contributed by atoms with Crippen LogP contribution in [0.25, 0.3) is 11.3 Å². The van der Waals surface area contributed by atoms with Gasteiger partial charge in [0.1, 0.15) is 17.6 Å². The fraction of sp³-hybridized carbons (Fsp3) is 0.143. The molecule has 0 radical (unpaired) electrons. The lowest BCUT2D eigenvalue weighted by atomic mass is 10.0. The maximum Gasteiger partial charge on any atom is 0.338 e. The maximum atomic E-state index is 12.1. The van der Waals surface area contributed by atoms with Gasteiger partial charge in [-0.05, 0) is 67.1 Å². The van der Waals surface area contributed by atoms with E-state index in [0.717, 1.165) is 28.3 Å². The lowest BCUT2D eigenvalue weighted by molar-refractivity contribution is 0.0526. The second-order valence-electron chi connectivity index (χ2n) is 8.07. The second-order valence-corrected chi connectivity index (χ2v) is 8.91. The molecule has 0 spiro atoms. The lowest BCUT2D eigenvalue weighted by Crippen LogP contribution is -2.18. The summed E-state index contributed by atoms with van der Waals surface area (Å²) in [5.41, 5.74) is 4.07. The molecule has 0 bridgehead atoms. The number of carbonyl (C=O) groups excluding carboxylic acids is 1. The van der Waals surface area contributed by atoms with E-state index >= 15 is 0 Å². The van der Waals surface area contributed by atoms with Gasteiger partial charge >= 0.3 is 5.97 Å². The molecule has 35 heavy (non-hydrogen) atoms. The summed E-state index contributed by atoms with van der Waals surface area (Å²) >= 11 is 12.6. The number of nitrogens with zero attached hydrogens (tertiary/aromatic N) is 2. The van der Waals surface area contributed by atoms with E-state index in [0.29, 0.717) is 34.4 Å². The minimum absolute atomic E-state index is 0.176. The summed E-state index contributed by atoms with van der Waals surface area (Å²) in [6.07, 6.45) is 0.653. The van der Waals surface area contributed by atoms with Gasteiger partial charge in [-0.3, -0.25) is 5.01 Å². The van der Waals surface area contributed by atoms with Crippen molar-refractivity contribution in [3.05, 3.63) is 112 Å². The van der Waals surface area contributed by atoms with E-state index in [1.165, 1.54) is 0 Å². The Kier molecular flexibility index (Phi) is 6.62. The van der Waals surface area contributed by atoms with Crippen LogP contribution in [0.1, 0.15) is 41.1 Å². The van der Waals surface area contributed by atoms with Crippen LogP contribution in [-0.4, -0.2) is 18.3 Å². The molecule has 0 amide bonds. The zero-order valence-electron chi connectivity index (χ0n) is 18.9. The third kappa shape index (κ3) is 4.83. The number of halogens is 2. The molecule has 0 N–H and O–H groups in total. The van der Waals surface area contributed by atoms with Gasteiger partial charge in [-0.15, -0.1) is 0 Å². The Balaban J connectivity index is 1.50. The Labute approximate surface area is 213 Å². The van der Waals surface area contributed by atoms with Crippen LogP contribution in [0.15, 0.2) is 94.4 Å². The van der Waals surface area contributed by atoms with Gasteiger partial charge in [0.25, 0.3) is 0 Å². The number of hydrazone groups is 1. The van der Waals surface area contributed by atoms with E-state index in [-0.39, 0.29) is 12.0 Å². The number of rotatable bonds is 6. The van der Waals surface area contributed by atoms with Crippen molar-refractivity contribution in [2.45, 2.75) is 19.4 Å². The van der Waals surface area contributed by atoms with Gasteiger partial charge in [0.2, 0.25) is 0 Å². The van der Waals surface area contributed by atoms with Crippen molar-refractivity contribution in [1.29, 1.82) is 0 Å². The molecular formula is C28H22Cl2N2O3. The van der Waals surface area contributed by atoms with Gasteiger partial charge in [0.15, 0.2) is 0 Å². The molecular weight excluding hydrogens is 483 g/mol. The molecule has 1 aliphatic heterocycles. The molecule has 0 fully saturated rings. The Morgan fingerprint density at radius 3 is 2.54 bits per heavy atom. The number of hydrogen-bond donors (Lipinski definition) is 0. The number of ether oxygens (including phenoxy) is 1. The average molecular weight is 505 g/mol. The zero-order chi connectivity index (χ0) is 24.4. The summed E-state index contributed by atoms with van der Waals surface area (Å²) in [4.78, 5) is 12.1. The van der Waals surface area contributed by atoms with Crippen molar-refractivity contribution in [2.24, 2.45) is 5.10 Å². The Hall–Kier alpha value is -3.54. The minimum atomic E-state index is -0.348. The summed E-state index contributed by atoms with van der Waals surface area (Å²) in [7, 11) is 0. The van der Waals surface area contributed by atoms with Gasteiger partial charge in [0, 0.05) is 17.0 Å². The maximum absolute atomic E-state index is 12.1. The van der Waals surface area contributed by atoms with Crippen molar-refractivity contribution in [2.75, 3.05) is 11.6 Å². The highest BCUT2D eigenvalue weighted by Crippen LogP contribution is 2.40. The largest absolute Gasteiger partial charge is 0.462 e. The van der Waals surface area contributed by atoms with Gasteiger partial charge in [0.05, 0.1) is 28.6 Å². The summed E-state index contributed by atoms with van der Waals surface area (Å²) in [5, 5.41) is 8.02. The molecule has 3 aromatic carbocycles. The molecule has 176 valence electrons.